The van der Waals surface area contributed by atoms with Gasteiger partial charge in [0.05, 0.1) is 12.2 Å². The Balaban J connectivity index is 1.91. The third kappa shape index (κ3) is 4.24. The first-order chi connectivity index (χ1) is 10.7. The highest BCUT2D eigenvalue weighted by Gasteiger charge is 2.44. The normalized spacial score (nSPS) is 21.4. The topological polar surface area (TPSA) is 55.4 Å². The number of hydrogen-bond acceptors (Lipinski definition) is 3. The predicted octanol–water partition coefficient (Wildman–Crippen LogP) is 2.88. The molecule has 0 spiro atoms. The molecule has 0 aliphatic heterocycles. The number of hydrogen-bond donors (Lipinski definition) is 1. The lowest BCUT2D eigenvalue weighted by Gasteiger charge is -2.12. The Bertz CT molecular complexity index is 583. The van der Waals surface area contributed by atoms with Gasteiger partial charge in [0.1, 0.15) is 6.04 Å². The van der Waals surface area contributed by atoms with Crippen molar-refractivity contribution in [1.82, 2.24) is 5.32 Å². The van der Waals surface area contributed by atoms with Crippen molar-refractivity contribution in [3.63, 3.8) is 0 Å². The summed E-state index contributed by atoms with van der Waals surface area (Å²) in [6.45, 7) is 3.44. The Morgan fingerprint density at radius 3 is 2.43 bits per heavy atom. The van der Waals surface area contributed by atoms with Gasteiger partial charge < -0.3 is 10.1 Å². The molecule has 0 radical (unpaired) electrons. The summed E-state index contributed by atoms with van der Waals surface area (Å²) < 4.78 is 42.3. The average Bonchev–Trinajstić information content (AvgIpc) is 3.27. The first kappa shape index (κ1) is 17.3. The van der Waals surface area contributed by atoms with E-state index in [0.29, 0.717) is 12.0 Å². The van der Waals surface area contributed by atoms with E-state index in [0.717, 1.165) is 12.1 Å². The molecule has 0 heterocycles. The molecule has 3 unspecified atom stereocenters. The number of carbonyl (C=O) groups is 2. The van der Waals surface area contributed by atoms with Crippen LogP contribution < -0.4 is 5.32 Å². The molecule has 7 heteroatoms. The fourth-order valence-corrected chi connectivity index (χ4v) is 2.42. The van der Waals surface area contributed by atoms with E-state index in [1.54, 1.807) is 6.92 Å². The fourth-order valence-electron chi connectivity index (χ4n) is 2.42. The highest BCUT2D eigenvalue weighted by atomic mass is 19.4. The molecule has 3 atom stereocenters. The molecule has 23 heavy (non-hydrogen) atoms. The van der Waals surface area contributed by atoms with Crippen molar-refractivity contribution in [2.24, 2.45) is 5.92 Å². The summed E-state index contributed by atoms with van der Waals surface area (Å²) in [6, 6.07) is 4.09. The maximum atomic E-state index is 12.5. The van der Waals surface area contributed by atoms with Gasteiger partial charge in [-0.05, 0) is 43.9 Å². The Labute approximate surface area is 132 Å². The van der Waals surface area contributed by atoms with Crippen molar-refractivity contribution in [3.8, 4) is 0 Å². The summed E-state index contributed by atoms with van der Waals surface area (Å²) in [5.74, 6) is -1.21. The number of amides is 1. The van der Waals surface area contributed by atoms with E-state index in [4.69, 9.17) is 4.74 Å². The quantitative estimate of drug-likeness (QED) is 0.845. The van der Waals surface area contributed by atoms with Gasteiger partial charge in [0, 0.05) is 5.92 Å². The van der Waals surface area contributed by atoms with Crippen LogP contribution in [0.4, 0.5) is 13.2 Å². The van der Waals surface area contributed by atoms with Crippen LogP contribution in [-0.4, -0.2) is 24.5 Å². The van der Waals surface area contributed by atoms with Crippen LogP contribution in [0.5, 0.6) is 0 Å². The number of halogens is 3. The summed E-state index contributed by atoms with van der Waals surface area (Å²) in [5, 5.41) is 2.57. The van der Waals surface area contributed by atoms with Crippen molar-refractivity contribution in [2.75, 3.05) is 6.61 Å². The lowest BCUT2D eigenvalue weighted by molar-refractivity contribution is -0.147. The van der Waals surface area contributed by atoms with E-state index in [9.17, 15) is 22.8 Å². The minimum atomic E-state index is -4.37. The summed E-state index contributed by atoms with van der Waals surface area (Å²) >= 11 is 0. The molecule has 1 aromatic rings. The monoisotopic (exact) mass is 329 g/mol. The minimum Gasteiger partial charge on any atom is -0.464 e. The summed E-state index contributed by atoms with van der Waals surface area (Å²) in [5.41, 5.74) is -0.0132. The van der Waals surface area contributed by atoms with Crippen molar-refractivity contribution < 1.29 is 27.5 Å². The molecule has 1 aromatic carbocycles. The van der Waals surface area contributed by atoms with Crippen molar-refractivity contribution in [2.45, 2.75) is 38.4 Å². The molecule has 126 valence electrons. The Morgan fingerprint density at radius 1 is 1.30 bits per heavy atom. The molecule has 4 nitrogen and oxygen atoms in total. The van der Waals surface area contributed by atoms with Gasteiger partial charge in [-0.1, -0.05) is 12.1 Å². The molecule has 0 bridgehead atoms. The SMILES string of the molecule is CCOC(=O)C(C)NC(=O)C1CC1c1ccc(C(F)(F)F)cc1. The van der Waals surface area contributed by atoms with E-state index >= 15 is 0 Å². The van der Waals surface area contributed by atoms with Crippen LogP contribution in [0, 0.1) is 5.92 Å². The zero-order valence-corrected chi connectivity index (χ0v) is 12.8. The Morgan fingerprint density at radius 2 is 1.91 bits per heavy atom. The fraction of sp³-hybridized carbons (Fsp3) is 0.500. The first-order valence-corrected chi connectivity index (χ1v) is 7.38. The van der Waals surface area contributed by atoms with E-state index in [2.05, 4.69) is 5.32 Å². The van der Waals surface area contributed by atoms with Crippen LogP contribution in [0.15, 0.2) is 24.3 Å². The zero-order chi connectivity index (χ0) is 17.2. The molecule has 1 saturated carbocycles. The van der Waals surface area contributed by atoms with Crippen LogP contribution in [0.3, 0.4) is 0 Å². The van der Waals surface area contributed by atoms with Gasteiger partial charge in [0.25, 0.3) is 0 Å². The van der Waals surface area contributed by atoms with Crippen molar-refractivity contribution in [1.29, 1.82) is 0 Å². The molecule has 1 aliphatic rings. The smallest absolute Gasteiger partial charge is 0.416 e. The van der Waals surface area contributed by atoms with Gasteiger partial charge in [-0.2, -0.15) is 13.2 Å². The predicted molar refractivity (Wildman–Crippen MR) is 76.5 cm³/mol. The van der Waals surface area contributed by atoms with Gasteiger partial charge >= 0.3 is 12.1 Å². The molecule has 0 aromatic heterocycles. The lowest BCUT2D eigenvalue weighted by Crippen LogP contribution is -2.40. The van der Waals surface area contributed by atoms with Gasteiger partial charge in [0.2, 0.25) is 5.91 Å². The molecule has 1 fully saturated rings. The molecule has 1 amide bonds. The van der Waals surface area contributed by atoms with Crippen LogP contribution in [-0.2, 0) is 20.5 Å². The van der Waals surface area contributed by atoms with E-state index in [1.165, 1.54) is 19.1 Å². The van der Waals surface area contributed by atoms with Gasteiger partial charge in [-0.3, -0.25) is 4.79 Å². The summed E-state index contributed by atoms with van der Waals surface area (Å²) in [6.07, 6.45) is -3.80. The molecule has 1 N–H and O–H groups in total. The number of esters is 1. The van der Waals surface area contributed by atoms with E-state index in [-0.39, 0.29) is 24.3 Å². The number of benzene rings is 1. The second kappa shape index (κ2) is 6.60. The number of carbonyl (C=O) groups excluding carboxylic acids is 2. The first-order valence-electron chi connectivity index (χ1n) is 7.38. The molecule has 2 rings (SSSR count). The second-order valence-electron chi connectivity index (χ2n) is 5.55. The average molecular weight is 329 g/mol. The third-order valence-corrected chi connectivity index (χ3v) is 3.79. The van der Waals surface area contributed by atoms with E-state index in [1.807, 2.05) is 0 Å². The van der Waals surface area contributed by atoms with Gasteiger partial charge in [-0.15, -0.1) is 0 Å². The molecular formula is C16H18F3NO3. The van der Waals surface area contributed by atoms with Crippen LogP contribution >= 0.6 is 0 Å². The second-order valence-corrected chi connectivity index (χ2v) is 5.55. The van der Waals surface area contributed by atoms with E-state index < -0.39 is 23.8 Å². The van der Waals surface area contributed by atoms with Gasteiger partial charge in [-0.25, -0.2) is 4.79 Å². The van der Waals surface area contributed by atoms with Crippen LogP contribution in [0.25, 0.3) is 0 Å². The third-order valence-electron chi connectivity index (χ3n) is 3.79. The maximum absolute atomic E-state index is 12.5. The standard InChI is InChI=1S/C16H18F3NO3/c1-3-23-15(22)9(2)20-14(21)13-8-12(13)10-4-6-11(7-5-10)16(17,18)19/h4-7,9,12-13H,3,8H2,1-2H3,(H,20,21). The van der Waals surface area contributed by atoms with Crippen LogP contribution in [0.1, 0.15) is 37.3 Å². The lowest BCUT2D eigenvalue weighted by atomic mass is 10.1. The number of ether oxygens (including phenoxy) is 1. The maximum Gasteiger partial charge on any atom is 0.416 e. The highest BCUT2D eigenvalue weighted by Crippen LogP contribution is 2.48. The Hall–Kier alpha value is -2.05. The minimum absolute atomic E-state index is 0.105. The molecule has 1 aliphatic carbocycles. The van der Waals surface area contributed by atoms with Crippen molar-refractivity contribution >= 4 is 11.9 Å². The zero-order valence-electron chi connectivity index (χ0n) is 12.8. The van der Waals surface area contributed by atoms with Crippen LogP contribution in [0.2, 0.25) is 0 Å². The number of nitrogens with one attached hydrogen (secondary N) is 1. The summed E-state index contributed by atoms with van der Waals surface area (Å²) in [4.78, 5) is 23.5. The largest absolute Gasteiger partial charge is 0.464 e. The number of rotatable bonds is 5. The Kier molecular flexibility index (Phi) is 4.97. The summed E-state index contributed by atoms with van der Waals surface area (Å²) in [7, 11) is 0. The van der Waals surface area contributed by atoms with Gasteiger partial charge in [0.15, 0.2) is 0 Å². The molecule has 0 saturated heterocycles. The number of alkyl halides is 3. The molecular weight excluding hydrogens is 311 g/mol. The highest BCUT2D eigenvalue weighted by molar-refractivity contribution is 5.87. The van der Waals surface area contributed by atoms with Crippen molar-refractivity contribution in [3.05, 3.63) is 35.4 Å².